The van der Waals surface area contributed by atoms with E-state index in [9.17, 15) is 4.39 Å². The standard InChI is InChI=1S/C19H27FN2O2/c20-17-3-1-14(2-4-17)15-5-7-22(8-6-15)13-16-11-21-12-18(16)19-23-9-10-24-19/h1-4,15-16,18-19,21H,5-13H2. The van der Waals surface area contributed by atoms with Gasteiger partial charge in [0.2, 0.25) is 0 Å². The third kappa shape index (κ3) is 3.64. The SMILES string of the molecule is Fc1ccc(C2CCN(CC3CNCC3C3OCCO3)CC2)cc1. The molecular weight excluding hydrogens is 307 g/mol. The van der Waals surface area contributed by atoms with Crippen molar-refractivity contribution in [1.82, 2.24) is 10.2 Å². The summed E-state index contributed by atoms with van der Waals surface area (Å²) < 4.78 is 24.5. The van der Waals surface area contributed by atoms with Gasteiger partial charge < -0.3 is 19.7 Å². The molecule has 3 aliphatic rings. The molecule has 1 N–H and O–H groups in total. The first-order valence-electron chi connectivity index (χ1n) is 9.21. The van der Waals surface area contributed by atoms with Gasteiger partial charge in [-0.3, -0.25) is 0 Å². The molecule has 1 aromatic carbocycles. The molecule has 2 atom stereocenters. The van der Waals surface area contributed by atoms with Gasteiger partial charge in [-0.15, -0.1) is 0 Å². The molecule has 0 radical (unpaired) electrons. The van der Waals surface area contributed by atoms with Crippen LogP contribution in [0.1, 0.15) is 24.3 Å². The molecule has 0 bridgehead atoms. The second-order valence-corrected chi connectivity index (χ2v) is 7.32. The number of hydrogen-bond donors (Lipinski definition) is 1. The van der Waals surface area contributed by atoms with Gasteiger partial charge in [0.1, 0.15) is 5.82 Å². The van der Waals surface area contributed by atoms with Crippen molar-refractivity contribution in [3.63, 3.8) is 0 Å². The molecule has 5 heteroatoms. The fourth-order valence-electron chi connectivity index (χ4n) is 4.41. The van der Waals surface area contributed by atoms with E-state index in [2.05, 4.69) is 10.2 Å². The Hall–Kier alpha value is -1.01. The molecule has 1 aromatic rings. The lowest BCUT2D eigenvalue weighted by Gasteiger charge is -2.35. The summed E-state index contributed by atoms with van der Waals surface area (Å²) in [6.45, 7) is 6.90. The summed E-state index contributed by atoms with van der Waals surface area (Å²) in [6, 6.07) is 7.05. The highest BCUT2D eigenvalue weighted by molar-refractivity contribution is 5.21. The Morgan fingerprint density at radius 3 is 2.46 bits per heavy atom. The van der Waals surface area contributed by atoms with Crippen molar-refractivity contribution in [3.05, 3.63) is 35.6 Å². The number of likely N-dealkylation sites (tertiary alicyclic amines) is 1. The van der Waals surface area contributed by atoms with E-state index >= 15 is 0 Å². The monoisotopic (exact) mass is 334 g/mol. The minimum atomic E-state index is -0.146. The van der Waals surface area contributed by atoms with Crippen molar-refractivity contribution < 1.29 is 13.9 Å². The van der Waals surface area contributed by atoms with Gasteiger partial charge in [0.05, 0.1) is 13.2 Å². The second-order valence-electron chi connectivity index (χ2n) is 7.32. The summed E-state index contributed by atoms with van der Waals surface area (Å²) in [5.41, 5.74) is 1.28. The predicted molar refractivity (Wildman–Crippen MR) is 90.4 cm³/mol. The molecule has 3 aliphatic heterocycles. The minimum Gasteiger partial charge on any atom is -0.350 e. The van der Waals surface area contributed by atoms with E-state index in [1.54, 1.807) is 12.1 Å². The summed E-state index contributed by atoms with van der Waals surface area (Å²) in [5.74, 6) is 1.51. The van der Waals surface area contributed by atoms with Crippen LogP contribution < -0.4 is 5.32 Å². The lowest BCUT2D eigenvalue weighted by Crippen LogP contribution is -2.40. The fraction of sp³-hybridized carbons (Fsp3) is 0.684. The van der Waals surface area contributed by atoms with Gasteiger partial charge in [-0.05, 0) is 62.0 Å². The Labute approximate surface area is 143 Å². The molecule has 3 heterocycles. The first kappa shape index (κ1) is 16.5. The Balaban J connectivity index is 1.29. The molecule has 3 saturated heterocycles. The molecule has 0 amide bonds. The van der Waals surface area contributed by atoms with Gasteiger partial charge >= 0.3 is 0 Å². The van der Waals surface area contributed by atoms with Gasteiger partial charge in [-0.1, -0.05) is 12.1 Å². The highest BCUT2D eigenvalue weighted by atomic mass is 19.1. The lowest BCUT2D eigenvalue weighted by molar-refractivity contribution is -0.0914. The maximum atomic E-state index is 13.1. The molecule has 2 unspecified atom stereocenters. The molecule has 0 aromatic heterocycles. The van der Waals surface area contributed by atoms with Gasteiger partial charge in [-0.25, -0.2) is 4.39 Å². The van der Waals surface area contributed by atoms with Crippen LogP contribution in [0.5, 0.6) is 0 Å². The fourth-order valence-corrected chi connectivity index (χ4v) is 4.41. The molecule has 24 heavy (non-hydrogen) atoms. The lowest BCUT2D eigenvalue weighted by atomic mass is 9.88. The van der Waals surface area contributed by atoms with E-state index in [-0.39, 0.29) is 12.1 Å². The third-order valence-corrected chi connectivity index (χ3v) is 5.81. The molecule has 0 aliphatic carbocycles. The number of halogens is 1. The summed E-state index contributed by atoms with van der Waals surface area (Å²) in [5, 5.41) is 3.51. The molecule has 0 spiro atoms. The highest BCUT2D eigenvalue weighted by Gasteiger charge is 2.38. The van der Waals surface area contributed by atoms with Crippen molar-refractivity contribution in [1.29, 1.82) is 0 Å². The average Bonchev–Trinajstić information content (AvgIpc) is 3.27. The maximum absolute atomic E-state index is 13.1. The average molecular weight is 334 g/mol. The maximum Gasteiger partial charge on any atom is 0.162 e. The number of hydrogen-bond acceptors (Lipinski definition) is 4. The van der Waals surface area contributed by atoms with Crippen molar-refractivity contribution in [3.8, 4) is 0 Å². The van der Waals surface area contributed by atoms with Crippen LogP contribution >= 0.6 is 0 Å². The van der Waals surface area contributed by atoms with E-state index < -0.39 is 0 Å². The number of rotatable bonds is 4. The van der Waals surface area contributed by atoms with Crippen molar-refractivity contribution in [2.24, 2.45) is 11.8 Å². The van der Waals surface area contributed by atoms with E-state index in [0.717, 1.165) is 58.8 Å². The smallest absolute Gasteiger partial charge is 0.162 e. The third-order valence-electron chi connectivity index (χ3n) is 5.81. The van der Waals surface area contributed by atoms with Crippen LogP contribution in [0.2, 0.25) is 0 Å². The van der Waals surface area contributed by atoms with Gasteiger partial charge in [-0.2, -0.15) is 0 Å². The number of nitrogens with zero attached hydrogens (tertiary/aromatic N) is 1. The zero-order valence-corrected chi connectivity index (χ0v) is 14.1. The number of ether oxygens (including phenoxy) is 2. The predicted octanol–water partition coefficient (Wildman–Crippen LogP) is 2.21. The largest absolute Gasteiger partial charge is 0.350 e. The molecule has 3 fully saturated rings. The second kappa shape index (κ2) is 7.48. The number of piperidine rings is 1. The first-order chi connectivity index (χ1) is 11.8. The van der Waals surface area contributed by atoms with Gasteiger partial charge in [0, 0.05) is 19.0 Å². The Morgan fingerprint density at radius 2 is 1.75 bits per heavy atom. The summed E-state index contributed by atoms with van der Waals surface area (Å²) in [7, 11) is 0. The van der Waals surface area contributed by atoms with E-state index in [4.69, 9.17) is 9.47 Å². The molecule has 132 valence electrons. The molecular formula is C19H27FN2O2. The summed E-state index contributed by atoms with van der Waals surface area (Å²) >= 11 is 0. The van der Waals surface area contributed by atoms with Gasteiger partial charge in [0.15, 0.2) is 6.29 Å². The van der Waals surface area contributed by atoms with E-state index in [0.29, 0.717) is 17.8 Å². The Kier molecular flexibility index (Phi) is 5.13. The van der Waals surface area contributed by atoms with Crippen molar-refractivity contribution >= 4 is 0 Å². The summed E-state index contributed by atoms with van der Waals surface area (Å²) in [6.07, 6.45) is 2.31. The highest BCUT2D eigenvalue weighted by Crippen LogP contribution is 2.31. The summed E-state index contributed by atoms with van der Waals surface area (Å²) in [4.78, 5) is 2.58. The van der Waals surface area contributed by atoms with Crippen LogP contribution in [0.3, 0.4) is 0 Å². The van der Waals surface area contributed by atoms with E-state index in [1.807, 2.05) is 12.1 Å². The Morgan fingerprint density at radius 1 is 1.04 bits per heavy atom. The normalized spacial score (nSPS) is 30.2. The first-order valence-corrected chi connectivity index (χ1v) is 9.21. The quantitative estimate of drug-likeness (QED) is 0.915. The Bertz CT molecular complexity index is 525. The topological polar surface area (TPSA) is 33.7 Å². The van der Waals surface area contributed by atoms with Crippen LogP contribution in [0.15, 0.2) is 24.3 Å². The number of benzene rings is 1. The number of nitrogens with one attached hydrogen (secondary N) is 1. The van der Waals surface area contributed by atoms with Crippen molar-refractivity contribution in [2.45, 2.75) is 25.0 Å². The van der Waals surface area contributed by atoms with Crippen molar-refractivity contribution in [2.75, 3.05) is 45.9 Å². The van der Waals surface area contributed by atoms with E-state index in [1.165, 1.54) is 5.56 Å². The van der Waals surface area contributed by atoms with Crippen LogP contribution in [-0.2, 0) is 9.47 Å². The molecule has 4 nitrogen and oxygen atoms in total. The molecule has 0 saturated carbocycles. The van der Waals surface area contributed by atoms with Gasteiger partial charge in [0.25, 0.3) is 0 Å². The van der Waals surface area contributed by atoms with Crippen LogP contribution in [0, 0.1) is 17.7 Å². The molecule has 4 rings (SSSR count). The zero-order chi connectivity index (χ0) is 16.4. The van der Waals surface area contributed by atoms with Crippen LogP contribution in [-0.4, -0.2) is 57.1 Å². The van der Waals surface area contributed by atoms with Crippen LogP contribution in [0.25, 0.3) is 0 Å². The van der Waals surface area contributed by atoms with Crippen LogP contribution in [0.4, 0.5) is 4.39 Å². The minimum absolute atomic E-state index is 0.0123. The zero-order valence-electron chi connectivity index (χ0n) is 14.1.